The third-order valence-electron chi connectivity index (χ3n) is 3.38. The van der Waals surface area contributed by atoms with Crippen molar-refractivity contribution < 1.29 is 4.74 Å². The van der Waals surface area contributed by atoms with E-state index in [0.29, 0.717) is 6.42 Å². The normalized spacial score (nSPS) is 10.7. The van der Waals surface area contributed by atoms with Gasteiger partial charge in [-0.25, -0.2) is 0 Å². The van der Waals surface area contributed by atoms with Crippen molar-refractivity contribution in [1.29, 1.82) is 0 Å². The summed E-state index contributed by atoms with van der Waals surface area (Å²) in [7, 11) is 1.64. The first-order valence-electron chi connectivity index (χ1n) is 6.50. The van der Waals surface area contributed by atoms with Crippen molar-refractivity contribution in [2.45, 2.75) is 6.42 Å². The molecule has 1 heterocycles. The summed E-state index contributed by atoms with van der Waals surface area (Å²) in [5, 5.41) is 1.05. The number of hydrogen-bond acceptors (Lipinski definition) is 2. The molecule has 0 fully saturated rings. The maximum atomic E-state index is 12.1. The molecule has 0 aliphatic rings. The first-order valence-corrected chi connectivity index (χ1v) is 6.50. The summed E-state index contributed by atoms with van der Waals surface area (Å²) in [6.07, 6.45) is 0.615. The van der Waals surface area contributed by atoms with Crippen LogP contribution in [0.1, 0.15) is 11.1 Å². The van der Waals surface area contributed by atoms with E-state index in [0.717, 1.165) is 27.8 Å². The SMILES string of the molecule is COc1ccc(Cc2cc3ccccc3[nH]c2=O)cc1. The van der Waals surface area contributed by atoms with E-state index < -0.39 is 0 Å². The smallest absolute Gasteiger partial charge is 0.251 e. The Labute approximate surface area is 116 Å². The Balaban J connectivity index is 1.97. The monoisotopic (exact) mass is 265 g/mol. The van der Waals surface area contributed by atoms with E-state index in [-0.39, 0.29) is 5.56 Å². The number of methoxy groups -OCH3 is 1. The molecule has 0 radical (unpaired) electrons. The maximum Gasteiger partial charge on any atom is 0.251 e. The average molecular weight is 265 g/mol. The van der Waals surface area contributed by atoms with Crippen molar-refractivity contribution in [3.8, 4) is 5.75 Å². The van der Waals surface area contributed by atoms with E-state index in [2.05, 4.69) is 4.98 Å². The lowest BCUT2D eigenvalue weighted by atomic mass is 10.0. The van der Waals surface area contributed by atoms with Crippen LogP contribution in [0.2, 0.25) is 0 Å². The van der Waals surface area contributed by atoms with Gasteiger partial charge in [0, 0.05) is 17.5 Å². The zero-order valence-corrected chi connectivity index (χ0v) is 11.2. The van der Waals surface area contributed by atoms with Crippen molar-refractivity contribution in [1.82, 2.24) is 4.98 Å². The Morgan fingerprint density at radius 3 is 2.55 bits per heavy atom. The van der Waals surface area contributed by atoms with Gasteiger partial charge in [0.2, 0.25) is 0 Å². The Hall–Kier alpha value is -2.55. The molecule has 0 amide bonds. The Kier molecular flexibility index (Phi) is 3.25. The zero-order chi connectivity index (χ0) is 13.9. The van der Waals surface area contributed by atoms with Crippen molar-refractivity contribution in [3.05, 3.63) is 76.1 Å². The number of H-pyrrole nitrogens is 1. The fourth-order valence-corrected chi connectivity index (χ4v) is 2.29. The minimum absolute atomic E-state index is 0.0282. The standard InChI is InChI=1S/C17H15NO2/c1-20-15-8-6-12(7-9-15)10-14-11-13-4-2-3-5-16(13)18-17(14)19/h2-9,11H,10H2,1H3,(H,18,19). The number of benzene rings is 2. The molecule has 1 aromatic heterocycles. The number of rotatable bonds is 3. The fraction of sp³-hybridized carbons (Fsp3) is 0.118. The van der Waals surface area contributed by atoms with Crippen LogP contribution in [-0.4, -0.2) is 12.1 Å². The molecule has 3 aromatic rings. The topological polar surface area (TPSA) is 42.1 Å². The fourth-order valence-electron chi connectivity index (χ4n) is 2.29. The van der Waals surface area contributed by atoms with Gasteiger partial charge in [-0.2, -0.15) is 0 Å². The highest BCUT2D eigenvalue weighted by Crippen LogP contribution is 2.15. The van der Waals surface area contributed by atoms with Crippen LogP contribution >= 0.6 is 0 Å². The molecule has 0 saturated heterocycles. The summed E-state index contributed by atoms with van der Waals surface area (Å²) in [5.41, 5.74) is 2.70. The highest BCUT2D eigenvalue weighted by Gasteiger charge is 2.04. The lowest BCUT2D eigenvalue weighted by Crippen LogP contribution is -2.12. The number of fused-ring (bicyclic) bond motifs is 1. The molecular weight excluding hydrogens is 250 g/mol. The molecule has 0 saturated carbocycles. The third-order valence-corrected chi connectivity index (χ3v) is 3.38. The van der Waals surface area contributed by atoms with Crippen LogP contribution in [0.4, 0.5) is 0 Å². The highest BCUT2D eigenvalue weighted by molar-refractivity contribution is 5.78. The number of ether oxygens (including phenoxy) is 1. The molecular formula is C17H15NO2. The van der Waals surface area contributed by atoms with Crippen LogP contribution < -0.4 is 10.3 Å². The lowest BCUT2D eigenvalue weighted by molar-refractivity contribution is 0.414. The molecule has 0 spiro atoms. The number of para-hydroxylation sites is 1. The van der Waals surface area contributed by atoms with E-state index in [9.17, 15) is 4.79 Å². The molecule has 0 aliphatic carbocycles. The second kappa shape index (κ2) is 5.21. The van der Waals surface area contributed by atoms with E-state index in [1.54, 1.807) is 7.11 Å². The molecule has 0 bridgehead atoms. The predicted octanol–water partition coefficient (Wildman–Crippen LogP) is 3.13. The second-order valence-corrected chi connectivity index (χ2v) is 4.74. The summed E-state index contributed by atoms with van der Waals surface area (Å²) < 4.78 is 5.13. The van der Waals surface area contributed by atoms with Crippen LogP contribution in [0, 0.1) is 0 Å². The van der Waals surface area contributed by atoms with Crippen LogP contribution in [-0.2, 0) is 6.42 Å². The van der Waals surface area contributed by atoms with E-state index >= 15 is 0 Å². The Bertz CT molecular complexity index is 788. The maximum absolute atomic E-state index is 12.1. The van der Waals surface area contributed by atoms with Gasteiger partial charge in [-0.05, 0) is 35.2 Å². The first kappa shape index (κ1) is 12.5. The van der Waals surface area contributed by atoms with Gasteiger partial charge >= 0.3 is 0 Å². The summed E-state index contributed by atoms with van der Waals surface area (Å²) in [6, 6.07) is 17.5. The van der Waals surface area contributed by atoms with E-state index in [1.807, 2.05) is 54.6 Å². The molecule has 1 N–H and O–H groups in total. The minimum atomic E-state index is -0.0282. The quantitative estimate of drug-likeness (QED) is 0.790. The van der Waals surface area contributed by atoms with Gasteiger partial charge in [0.1, 0.15) is 5.75 Å². The number of nitrogens with one attached hydrogen (secondary N) is 1. The highest BCUT2D eigenvalue weighted by atomic mass is 16.5. The average Bonchev–Trinajstić information content (AvgIpc) is 2.49. The molecule has 0 unspecified atom stereocenters. The molecule has 20 heavy (non-hydrogen) atoms. The van der Waals surface area contributed by atoms with Crippen molar-refractivity contribution in [2.75, 3.05) is 7.11 Å². The van der Waals surface area contributed by atoms with Crippen molar-refractivity contribution >= 4 is 10.9 Å². The van der Waals surface area contributed by atoms with Gasteiger partial charge < -0.3 is 9.72 Å². The van der Waals surface area contributed by atoms with E-state index in [4.69, 9.17) is 4.74 Å². The molecule has 3 heteroatoms. The van der Waals surface area contributed by atoms with Gasteiger partial charge in [0.25, 0.3) is 5.56 Å². The van der Waals surface area contributed by atoms with E-state index in [1.165, 1.54) is 0 Å². The van der Waals surface area contributed by atoms with Gasteiger partial charge in [0.15, 0.2) is 0 Å². The van der Waals surface area contributed by atoms with Crippen molar-refractivity contribution in [2.24, 2.45) is 0 Å². The van der Waals surface area contributed by atoms with Crippen LogP contribution in [0.15, 0.2) is 59.4 Å². The van der Waals surface area contributed by atoms with Crippen molar-refractivity contribution in [3.63, 3.8) is 0 Å². The number of aromatic nitrogens is 1. The number of hydrogen-bond donors (Lipinski definition) is 1. The molecule has 0 atom stereocenters. The minimum Gasteiger partial charge on any atom is -0.497 e. The van der Waals surface area contributed by atoms with Crippen LogP contribution in [0.25, 0.3) is 10.9 Å². The number of pyridine rings is 1. The van der Waals surface area contributed by atoms with Gasteiger partial charge in [-0.3, -0.25) is 4.79 Å². The largest absolute Gasteiger partial charge is 0.497 e. The molecule has 100 valence electrons. The second-order valence-electron chi connectivity index (χ2n) is 4.74. The van der Waals surface area contributed by atoms with Gasteiger partial charge in [-0.1, -0.05) is 30.3 Å². The molecule has 2 aromatic carbocycles. The van der Waals surface area contributed by atoms with Crippen LogP contribution in [0.5, 0.6) is 5.75 Å². The zero-order valence-electron chi connectivity index (χ0n) is 11.2. The van der Waals surface area contributed by atoms with Crippen LogP contribution in [0.3, 0.4) is 0 Å². The van der Waals surface area contributed by atoms with Gasteiger partial charge in [-0.15, -0.1) is 0 Å². The first-order chi connectivity index (χ1) is 9.76. The van der Waals surface area contributed by atoms with Gasteiger partial charge in [0.05, 0.1) is 7.11 Å². The number of aromatic amines is 1. The summed E-state index contributed by atoms with van der Waals surface area (Å²) in [6.45, 7) is 0. The summed E-state index contributed by atoms with van der Waals surface area (Å²) >= 11 is 0. The molecule has 0 aliphatic heterocycles. The third kappa shape index (κ3) is 2.43. The Morgan fingerprint density at radius 1 is 1.05 bits per heavy atom. The summed E-state index contributed by atoms with van der Waals surface area (Å²) in [5.74, 6) is 0.821. The lowest BCUT2D eigenvalue weighted by Gasteiger charge is -2.05. The Morgan fingerprint density at radius 2 is 1.80 bits per heavy atom. The predicted molar refractivity (Wildman–Crippen MR) is 80.4 cm³/mol. The molecule has 3 rings (SSSR count). The molecule has 3 nitrogen and oxygen atoms in total. The summed E-state index contributed by atoms with van der Waals surface area (Å²) in [4.78, 5) is 15.0.